The molecule has 4 heteroatoms. The molecule has 1 N–H and O–H groups in total. The summed E-state index contributed by atoms with van der Waals surface area (Å²) in [7, 11) is 0. The molecule has 1 aromatic carbocycles. The van der Waals surface area contributed by atoms with Crippen LogP contribution in [0.5, 0.6) is 5.75 Å². The zero-order valence-electron chi connectivity index (χ0n) is 13.1. The van der Waals surface area contributed by atoms with E-state index in [-0.39, 0.29) is 12.1 Å². The summed E-state index contributed by atoms with van der Waals surface area (Å²) in [6.07, 6.45) is 2.43. The molecule has 21 heavy (non-hydrogen) atoms. The van der Waals surface area contributed by atoms with Crippen molar-refractivity contribution in [1.29, 1.82) is 0 Å². The summed E-state index contributed by atoms with van der Waals surface area (Å²) in [5, 5.41) is 3.47. The van der Waals surface area contributed by atoms with Crippen LogP contribution in [-0.2, 0) is 4.79 Å². The van der Waals surface area contributed by atoms with Crippen LogP contribution in [-0.4, -0.2) is 29.5 Å². The Labute approximate surface area is 126 Å². The van der Waals surface area contributed by atoms with Crippen LogP contribution in [0.1, 0.15) is 38.9 Å². The number of ether oxygens (including phenoxy) is 1. The van der Waals surface area contributed by atoms with Crippen molar-refractivity contribution >= 4 is 5.91 Å². The smallest absolute Gasteiger partial charge is 0.244 e. The van der Waals surface area contributed by atoms with E-state index >= 15 is 0 Å². The fourth-order valence-electron chi connectivity index (χ4n) is 2.62. The summed E-state index contributed by atoms with van der Waals surface area (Å²) < 4.78 is 5.49. The molecular formula is C17H24N2O2. The Hall–Kier alpha value is -1.81. The van der Waals surface area contributed by atoms with Crippen molar-refractivity contribution in [1.82, 2.24) is 10.2 Å². The first-order valence-corrected chi connectivity index (χ1v) is 7.48. The van der Waals surface area contributed by atoms with Gasteiger partial charge in [-0.2, -0.15) is 0 Å². The number of nitrogens with zero attached hydrogens (tertiary/aromatic N) is 1. The van der Waals surface area contributed by atoms with Gasteiger partial charge in [0.25, 0.3) is 0 Å². The Morgan fingerprint density at radius 2 is 2.05 bits per heavy atom. The van der Waals surface area contributed by atoms with E-state index < -0.39 is 5.54 Å². The van der Waals surface area contributed by atoms with Gasteiger partial charge < -0.3 is 9.64 Å². The molecule has 0 saturated carbocycles. The summed E-state index contributed by atoms with van der Waals surface area (Å²) in [6.45, 7) is 10.8. The molecule has 1 aromatic rings. The van der Waals surface area contributed by atoms with E-state index in [1.165, 1.54) is 0 Å². The summed E-state index contributed by atoms with van der Waals surface area (Å²) in [5.74, 6) is 0.980. The number of benzene rings is 1. The average Bonchev–Trinajstić information content (AvgIpc) is 2.78. The van der Waals surface area contributed by atoms with Crippen molar-refractivity contribution in [3.8, 4) is 5.75 Å². The molecule has 0 radical (unpaired) electrons. The van der Waals surface area contributed by atoms with E-state index in [4.69, 9.17) is 4.74 Å². The summed E-state index contributed by atoms with van der Waals surface area (Å²) >= 11 is 0. The van der Waals surface area contributed by atoms with Gasteiger partial charge in [0.2, 0.25) is 5.91 Å². The predicted molar refractivity (Wildman–Crippen MR) is 84.1 cm³/mol. The minimum atomic E-state index is -0.474. The Kier molecular flexibility index (Phi) is 4.68. The van der Waals surface area contributed by atoms with E-state index in [9.17, 15) is 4.79 Å². The molecule has 2 rings (SSSR count). The van der Waals surface area contributed by atoms with Crippen LogP contribution in [0.4, 0.5) is 0 Å². The fraction of sp³-hybridized carbons (Fsp3) is 0.471. The van der Waals surface area contributed by atoms with E-state index in [2.05, 4.69) is 11.9 Å². The lowest BCUT2D eigenvalue weighted by Gasteiger charge is -2.23. The second-order valence-corrected chi connectivity index (χ2v) is 5.49. The molecule has 1 heterocycles. The van der Waals surface area contributed by atoms with Gasteiger partial charge in [-0.1, -0.05) is 31.7 Å². The van der Waals surface area contributed by atoms with Crippen molar-refractivity contribution in [2.45, 2.75) is 38.9 Å². The lowest BCUT2D eigenvalue weighted by atomic mass is 9.99. The quantitative estimate of drug-likeness (QED) is 0.818. The van der Waals surface area contributed by atoms with Crippen LogP contribution in [0.2, 0.25) is 0 Å². The summed E-state index contributed by atoms with van der Waals surface area (Å²) in [4.78, 5) is 14.4. The average molecular weight is 288 g/mol. The van der Waals surface area contributed by atoms with E-state index in [1.807, 2.05) is 49.9 Å². The molecule has 2 unspecified atom stereocenters. The van der Waals surface area contributed by atoms with Gasteiger partial charge in [-0.05, 0) is 38.0 Å². The second kappa shape index (κ2) is 6.31. The van der Waals surface area contributed by atoms with Crippen molar-refractivity contribution in [2.24, 2.45) is 0 Å². The highest BCUT2D eigenvalue weighted by Gasteiger charge is 2.46. The van der Waals surface area contributed by atoms with Crippen LogP contribution < -0.4 is 10.1 Å². The first-order valence-electron chi connectivity index (χ1n) is 7.48. The summed E-state index contributed by atoms with van der Waals surface area (Å²) in [6, 6.07) is 7.88. The van der Waals surface area contributed by atoms with Crippen LogP contribution in [0, 0.1) is 0 Å². The van der Waals surface area contributed by atoms with Crippen LogP contribution in [0.25, 0.3) is 0 Å². The summed E-state index contributed by atoms with van der Waals surface area (Å²) in [5.41, 5.74) is 0.604. The number of amides is 1. The highest BCUT2D eigenvalue weighted by atomic mass is 16.5. The molecule has 1 aliphatic heterocycles. The fourth-order valence-corrected chi connectivity index (χ4v) is 2.62. The third kappa shape index (κ3) is 2.95. The Bertz CT molecular complexity index is 512. The van der Waals surface area contributed by atoms with Gasteiger partial charge in [0.15, 0.2) is 0 Å². The zero-order chi connectivity index (χ0) is 15.5. The Balaban J connectivity index is 2.20. The maximum absolute atomic E-state index is 12.5. The van der Waals surface area contributed by atoms with Gasteiger partial charge in [-0.3, -0.25) is 10.1 Å². The number of rotatable bonds is 6. The maximum atomic E-state index is 12.5. The van der Waals surface area contributed by atoms with Gasteiger partial charge in [-0.15, -0.1) is 0 Å². The van der Waals surface area contributed by atoms with Crippen molar-refractivity contribution < 1.29 is 9.53 Å². The second-order valence-electron chi connectivity index (χ2n) is 5.49. The number of hydrogen-bond acceptors (Lipinski definition) is 3. The number of likely N-dealkylation sites (N-methyl/N-ethyl adjacent to an activating group) is 1. The van der Waals surface area contributed by atoms with Gasteiger partial charge in [0.05, 0.1) is 5.54 Å². The number of hydrogen-bond donors (Lipinski definition) is 1. The van der Waals surface area contributed by atoms with Crippen molar-refractivity contribution in [3.05, 3.63) is 42.5 Å². The van der Waals surface area contributed by atoms with E-state index in [0.29, 0.717) is 13.2 Å². The van der Waals surface area contributed by atoms with Crippen LogP contribution in [0.3, 0.4) is 0 Å². The first-order chi connectivity index (χ1) is 10.1. The Morgan fingerprint density at radius 1 is 1.38 bits per heavy atom. The molecule has 114 valence electrons. The molecular weight excluding hydrogens is 264 g/mol. The van der Waals surface area contributed by atoms with E-state index in [1.54, 1.807) is 6.08 Å². The van der Waals surface area contributed by atoms with Crippen molar-refractivity contribution in [2.75, 3.05) is 13.2 Å². The molecule has 0 bridgehead atoms. The zero-order valence-corrected chi connectivity index (χ0v) is 13.1. The third-order valence-corrected chi connectivity index (χ3v) is 4.11. The lowest BCUT2D eigenvalue weighted by molar-refractivity contribution is -0.132. The predicted octanol–water partition coefficient (Wildman–Crippen LogP) is 2.87. The molecule has 0 aromatic heterocycles. The van der Waals surface area contributed by atoms with Crippen LogP contribution >= 0.6 is 0 Å². The normalized spacial score (nSPS) is 25.2. The molecule has 1 aliphatic rings. The first kappa shape index (κ1) is 15.6. The van der Waals surface area contributed by atoms with E-state index in [0.717, 1.165) is 17.7 Å². The Morgan fingerprint density at radius 3 is 2.57 bits per heavy atom. The van der Waals surface area contributed by atoms with Gasteiger partial charge in [0, 0.05) is 6.54 Å². The number of carbonyl (C=O) groups excluding carboxylic acids is 1. The molecule has 0 spiro atoms. The molecule has 0 aliphatic carbocycles. The topological polar surface area (TPSA) is 41.6 Å². The molecule has 2 atom stereocenters. The highest BCUT2D eigenvalue weighted by Crippen LogP contribution is 2.32. The number of nitrogens with one attached hydrogen (secondary N) is 1. The van der Waals surface area contributed by atoms with Gasteiger partial charge in [-0.25, -0.2) is 0 Å². The molecule has 1 saturated heterocycles. The molecule has 1 amide bonds. The lowest BCUT2D eigenvalue weighted by Crippen LogP contribution is -2.42. The minimum Gasteiger partial charge on any atom is -0.490 e. The molecule has 1 fully saturated rings. The largest absolute Gasteiger partial charge is 0.490 e. The molecule has 4 nitrogen and oxygen atoms in total. The van der Waals surface area contributed by atoms with Crippen molar-refractivity contribution in [3.63, 3.8) is 0 Å². The third-order valence-electron chi connectivity index (χ3n) is 4.11. The highest BCUT2D eigenvalue weighted by molar-refractivity contribution is 5.88. The van der Waals surface area contributed by atoms with Crippen LogP contribution in [0.15, 0.2) is 36.9 Å². The van der Waals surface area contributed by atoms with Gasteiger partial charge in [0.1, 0.15) is 18.5 Å². The number of carbonyl (C=O) groups is 1. The monoisotopic (exact) mass is 288 g/mol. The maximum Gasteiger partial charge on any atom is 0.244 e. The SMILES string of the molecule is C=CCOc1ccc(C2NC(C)(CC)C(=O)N2CC)cc1. The minimum absolute atomic E-state index is 0.0686. The van der Waals surface area contributed by atoms with Gasteiger partial charge >= 0.3 is 0 Å². The standard InChI is InChI=1S/C17H24N2O2/c1-5-12-21-14-10-8-13(9-11-14)15-18-17(4,6-2)16(20)19(15)7-3/h5,8-11,15,18H,1,6-7,12H2,2-4H3.